The Labute approximate surface area is 114 Å². The van der Waals surface area contributed by atoms with Crippen LogP contribution in [0.4, 0.5) is 0 Å². The van der Waals surface area contributed by atoms with Gasteiger partial charge in [0.2, 0.25) is 0 Å². The van der Waals surface area contributed by atoms with Gasteiger partial charge in [0, 0.05) is 0 Å². The molecule has 0 heterocycles. The third-order valence-electron chi connectivity index (χ3n) is 0.0833. The molecule has 0 aliphatic heterocycles. The molecule has 0 unspecified atom stereocenters. The number of hydrogen-bond acceptors (Lipinski definition) is 1. The first-order chi connectivity index (χ1) is 1.91. The fourth-order valence-corrected chi connectivity index (χ4v) is 0. The Morgan fingerprint density at radius 3 is 1.30 bits per heavy atom. The maximum atomic E-state index is 8.93. The number of hydrogen-bond donors (Lipinski definition) is 0. The van der Waals surface area contributed by atoms with E-state index in [1.54, 1.807) is 0 Å². The standard InChI is InChI=1S/C3H3O.Ce.Fe.Ni.3O/c1-2-3-4;;;;;;/h2H,1H2;;;;;;/q-1;+3;2*+2;3*-2. The third-order valence-corrected chi connectivity index (χ3v) is 0.0833. The molecule has 0 atom stereocenters. The van der Waals surface area contributed by atoms with Gasteiger partial charge in [0.15, 0.2) is 0 Å². The van der Waals surface area contributed by atoms with Gasteiger partial charge < -0.3 is 21.2 Å². The summed E-state index contributed by atoms with van der Waals surface area (Å²) in [6.07, 6.45) is 2.51. The number of allylic oxidation sites excluding steroid dienone is 1. The summed E-state index contributed by atoms with van der Waals surface area (Å²) in [5.74, 6) is 0. The van der Waals surface area contributed by atoms with E-state index in [9.17, 15) is 0 Å². The molecule has 0 aromatic carbocycles. The van der Waals surface area contributed by atoms with E-state index < -0.39 is 0 Å². The van der Waals surface area contributed by atoms with E-state index in [0.29, 0.717) is 0 Å². The smallest absolute Gasteiger partial charge is 2.00 e. The third kappa shape index (κ3) is 102. The van der Waals surface area contributed by atoms with Gasteiger partial charge in [0.1, 0.15) is 0 Å². The summed E-state index contributed by atoms with van der Waals surface area (Å²) >= 11 is 0. The zero-order valence-corrected chi connectivity index (χ0v) is 9.82. The van der Waals surface area contributed by atoms with Gasteiger partial charge in [-0.25, -0.2) is 12.7 Å². The molecule has 1 radical (unpaired) electrons. The second kappa shape index (κ2) is 73.9. The van der Waals surface area contributed by atoms with E-state index in [-0.39, 0.29) is 91.7 Å². The van der Waals surface area contributed by atoms with Crippen molar-refractivity contribution in [3.05, 3.63) is 12.7 Å². The Kier molecular flexibility index (Phi) is 450. The molecule has 10 heavy (non-hydrogen) atoms. The van der Waals surface area contributed by atoms with Gasteiger partial charge in [-0.1, -0.05) is 0 Å². The van der Waals surface area contributed by atoms with Crippen molar-refractivity contribution in [3.8, 4) is 0 Å². The molecule has 0 spiro atoms. The minimum absolute atomic E-state index is 0. The summed E-state index contributed by atoms with van der Waals surface area (Å²) in [5.41, 5.74) is 0. The van der Waals surface area contributed by atoms with Crippen LogP contribution in [0.25, 0.3) is 0 Å². The summed E-state index contributed by atoms with van der Waals surface area (Å²) in [5, 5.41) is 0. The molecule has 0 rings (SSSR count). The van der Waals surface area contributed by atoms with Crippen LogP contribution in [0.2, 0.25) is 0 Å². The second-order valence-corrected chi connectivity index (χ2v) is 0.322. The predicted octanol–water partition coefficient (Wildman–Crippen LogP) is -0.0793. The SMILES string of the molecule is C=C[C-]=O.[Ce+3].[Fe+2].[Ni+2].[O-2].[O-2].[O-2]. The molecule has 0 bridgehead atoms. The predicted molar refractivity (Wildman–Crippen MR) is 17.9 cm³/mol. The van der Waals surface area contributed by atoms with E-state index in [1.807, 2.05) is 0 Å². The molecular weight excluding hydrogens is 355 g/mol. The summed E-state index contributed by atoms with van der Waals surface area (Å²) in [7, 11) is 0. The van der Waals surface area contributed by atoms with Crippen LogP contribution in [0.5, 0.6) is 0 Å². The first kappa shape index (κ1) is 60.8. The molecule has 4 nitrogen and oxygen atoms in total. The summed E-state index contributed by atoms with van der Waals surface area (Å²) in [6.45, 7) is 3.06. The van der Waals surface area contributed by atoms with Crippen molar-refractivity contribution >= 4 is 6.29 Å². The Hall–Kier alpha value is 1.68. The van der Waals surface area contributed by atoms with Crippen LogP contribution < -0.4 is 0 Å². The maximum absolute atomic E-state index is 8.93. The molecule has 0 N–H and O–H groups in total. The molecule has 61 valence electrons. The van der Waals surface area contributed by atoms with Crippen LogP contribution in [0.1, 0.15) is 0 Å². The van der Waals surface area contributed by atoms with Crippen molar-refractivity contribution in [1.82, 2.24) is 0 Å². The first-order valence-electron chi connectivity index (χ1n) is 0.901. The minimum Gasteiger partial charge on any atom is -2.00 e. The second-order valence-electron chi connectivity index (χ2n) is 0.322. The van der Waals surface area contributed by atoms with Crippen molar-refractivity contribution in [2.24, 2.45) is 0 Å². The largest absolute Gasteiger partial charge is 3.00 e. The van der Waals surface area contributed by atoms with E-state index in [4.69, 9.17) is 4.79 Å². The minimum atomic E-state index is 0. The van der Waals surface area contributed by atoms with Crippen LogP contribution in [0.15, 0.2) is 12.7 Å². The normalized spacial score (nSPS) is 2.00. The molecule has 0 saturated carbocycles. The van der Waals surface area contributed by atoms with Crippen LogP contribution in [0, 0.1) is 41.7 Å². The maximum Gasteiger partial charge on any atom is 3.00 e. The van der Waals surface area contributed by atoms with Crippen molar-refractivity contribution in [2.45, 2.75) is 0 Å². The van der Waals surface area contributed by atoms with Gasteiger partial charge in [-0.2, -0.15) is 0 Å². The Bertz CT molecular complexity index is 41.5. The molecule has 0 aliphatic carbocycles. The van der Waals surface area contributed by atoms with Gasteiger partial charge in [-0.05, 0) is 6.29 Å². The Balaban J connectivity index is -0.00000000300. The monoisotopic (exact) mass is 357 g/mol. The molecule has 0 aliphatic rings. The topological polar surface area (TPSA) is 103 Å². The number of carbonyl (C=O) groups excluding carboxylic acids is 1. The fourth-order valence-electron chi connectivity index (χ4n) is 0. The summed E-state index contributed by atoms with van der Waals surface area (Å²) in [4.78, 5) is 8.93. The quantitative estimate of drug-likeness (QED) is 0.366. The molecule has 0 fully saturated rings. The molecule has 0 saturated heterocycles. The van der Waals surface area contributed by atoms with E-state index in [0.717, 1.165) is 6.08 Å². The molecule has 7 heteroatoms. The van der Waals surface area contributed by atoms with E-state index in [2.05, 4.69) is 6.58 Å². The zero-order valence-electron chi connectivity index (χ0n) is 4.59. The average molecular weight is 358 g/mol. The summed E-state index contributed by atoms with van der Waals surface area (Å²) < 4.78 is 0. The summed E-state index contributed by atoms with van der Waals surface area (Å²) in [6, 6.07) is 0. The van der Waals surface area contributed by atoms with Crippen LogP contribution in [-0.4, -0.2) is 6.29 Å². The van der Waals surface area contributed by atoms with E-state index >= 15 is 0 Å². The Morgan fingerprint density at radius 2 is 1.30 bits per heavy atom. The van der Waals surface area contributed by atoms with Gasteiger partial charge in [-0.3, -0.25) is 0 Å². The molecular formula is C3H3CeFeNiO4. The van der Waals surface area contributed by atoms with Gasteiger partial charge >= 0.3 is 75.3 Å². The van der Waals surface area contributed by atoms with Crippen molar-refractivity contribution in [1.29, 1.82) is 0 Å². The van der Waals surface area contributed by atoms with Crippen molar-refractivity contribution in [2.75, 3.05) is 0 Å². The fraction of sp³-hybridized carbons (Fsp3) is 0. The van der Waals surface area contributed by atoms with Crippen molar-refractivity contribution in [3.63, 3.8) is 0 Å². The molecule has 0 amide bonds. The zero-order chi connectivity index (χ0) is 3.41. The Morgan fingerprint density at radius 1 is 1.20 bits per heavy atom. The average Bonchev–Trinajstić information content (AvgIpc) is 1.37. The molecule has 0 aromatic heterocycles. The van der Waals surface area contributed by atoms with Crippen LogP contribution >= 0.6 is 0 Å². The van der Waals surface area contributed by atoms with Gasteiger partial charge in [0.25, 0.3) is 0 Å². The van der Waals surface area contributed by atoms with Crippen molar-refractivity contribution < 1.29 is 96.5 Å². The molecule has 0 aromatic rings. The number of rotatable bonds is 1. The van der Waals surface area contributed by atoms with Crippen LogP contribution in [0.3, 0.4) is 0 Å². The first-order valence-corrected chi connectivity index (χ1v) is 0.901. The van der Waals surface area contributed by atoms with E-state index in [1.165, 1.54) is 6.29 Å². The van der Waals surface area contributed by atoms with Crippen LogP contribution in [-0.2, 0) is 54.8 Å². The van der Waals surface area contributed by atoms with Gasteiger partial charge in [-0.15, -0.1) is 0 Å². The van der Waals surface area contributed by atoms with Gasteiger partial charge in [0.05, 0.1) is 0 Å².